The second kappa shape index (κ2) is 9.11. The molecule has 1 amide bonds. The lowest BCUT2D eigenvalue weighted by Gasteiger charge is -2.11. The monoisotopic (exact) mass is 414 g/mol. The number of carbonyl (C=O) groups excluding carboxylic acids is 1. The van der Waals surface area contributed by atoms with Crippen molar-refractivity contribution in [3.8, 4) is 28.5 Å². The first-order chi connectivity index (χ1) is 14.0. The number of hydrazone groups is 1. The molecule has 0 saturated heterocycles. The number of rotatable bonds is 7. The van der Waals surface area contributed by atoms with Crippen molar-refractivity contribution in [1.29, 1.82) is 0 Å². The van der Waals surface area contributed by atoms with Crippen molar-refractivity contribution in [3.63, 3.8) is 0 Å². The maximum atomic E-state index is 12.3. The lowest BCUT2D eigenvalue weighted by molar-refractivity contribution is 0.0950. The Morgan fingerprint density at radius 2 is 1.69 bits per heavy atom. The third-order valence-electron chi connectivity index (χ3n) is 4.07. The van der Waals surface area contributed by atoms with E-state index in [0.717, 1.165) is 5.56 Å². The van der Waals surface area contributed by atoms with Crippen LogP contribution >= 0.6 is 11.6 Å². The largest absolute Gasteiger partial charge is 0.496 e. The van der Waals surface area contributed by atoms with Crippen LogP contribution in [0.15, 0.2) is 47.6 Å². The average molecular weight is 415 g/mol. The van der Waals surface area contributed by atoms with E-state index in [1.165, 1.54) is 27.5 Å². The first kappa shape index (κ1) is 20.2. The second-order valence-corrected chi connectivity index (χ2v) is 6.26. The molecule has 0 unspecified atom stereocenters. The Bertz CT molecular complexity index is 1030. The fourth-order valence-corrected chi connectivity index (χ4v) is 2.71. The van der Waals surface area contributed by atoms with Crippen LogP contribution < -0.4 is 19.6 Å². The molecule has 1 aromatic heterocycles. The first-order valence-electron chi connectivity index (χ1n) is 8.50. The molecule has 9 heteroatoms. The molecule has 0 saturated carbocycles. The lowest BCUT2D eigenvalue weighted by Crippen LogP contribution is -2.18. The van der Waals surface area contributed by atoms with Gasteiger partial charge < -0.3 is 14.2 Å². The highest BCUT2D eigenvalue weighted by Gasteiger charge is 2.12. The summed E-state index contributed by atoms with van der Waals surface area (Å²) in [4.78, 5) is 12.3. The molecule has 0 radical (unpaired) electrons. The van der Waals surface area contributed by atoms with Crippen LogP contribution in [0, 0.1) is 0 Å². The summed E-state index contributed by atoms with van der Waals surface area (Å²) in [6.07, 6.45) is 1.45. The molecular formula is C20H19ClN4O4. The molecule has 2 aromatic carbocycles. The molecule has 2 N–H and O–H groups in total. The van der Waals surface area contributed by atoms with Crippen LogP contribution in [0.2, 0.25) is 5.02 Å². The minimum atomic E-state index is -0.437. The summed E-state index contributed by atoms with van der Waals surface area (Å²) in [5.74, 6) is 1.13. The predicted octanol–water partition coefficient (Wildman–Crippen LogP) is 3.52. The summed E-state index contributed by atoms with van der Waals surface area (Å²) in [5.41, 5.74) is 4.79. The Morgan fingerprint density at radius 1 is 1.03 bits per heavy atom. The van der Waals surface area contributed by atoms with Crippen LogP contribution in [0.5, 0.6) is 17.2 Å². The summed E-state index contributed by atoms with van der Waals surface area (Å²) in [7, 11) is 4.59. The predicted molar refractivity (Wildman–Crippen MR) is 110 cm³/mol. The molecule has 0 aliphatic carbocycles. The number of amides is 1. The number of ether oxygens (including phenoxy) is 3. The molecule has 1 heterocycles. The molecule has 150 valence electrons. The molecule has 0 spiro atoms. The van der Waals surface area contributed by atoms with Gasteiger partial charge >= 0.3 is 0 Å². The molecule has 0 aliphatic heterocycles. The third kappa shape index (κ3) is 4.67. The Morgan fingerprint density at radius 3 is 2.34 bits per heavy atom. The Kier molecular flexibility index (Phi) is 6.36. The van der Waals surface area contributed by atoms with Gasteiger partial charge in [0.05, 0.1) is 33.2 Å². The van der Waals surface area contributed by atoms with E-state index in [0.29, 0.717) is 33.5 Å². The fraction of sp³-hybridized carbons (Fsp3) is 0.150. The summed E-state index contributed by atoms with van der Waals surface area (Å²) < 4.78 is 15.8. The van der Waals surface area contributed by atoms with Crippen molar-refractivity contribution < 1.29 is 19.0 Å². The highest BCUT2D eigenvalue weighted by Crippen LogP contribution is 2.33. The second-order valence-electron chi connectivity index (χ2n) is 5.82. The highest BCUT2D eigenvalue weighted by atomic mass is 35.5. The fourth-order valence-electron chi connectivity index (χ4n) is 2.58. The SMILES string of the molecule is COc1cc(OC)c(OC)cc1/C=N\NC(=O)c1cc(-c2ccc(Cl)cc2)n[nH]1. The van der Waals surface area contributed by atoms with Gasteiger partial charge in [-0.1, -0.05) is 23.7 Å². The number of halogens is 1. The van der Waals surface area contributed by atoms with Gasteiger partial charge in [-0.15, -0.1) is 0 Å². The standard InChI is InChI=1S/C20H19ClN4O4/c1-27-17-10-19(29-3)18(28-2)8-13(17)11-22-25-20(26)16-9-15(23-24-16)12-4-6-14(21)7-5-12/h4-11H,1-3H3,(H,23,24)(H,25,26)/b22-11-. The zero-order chi connectivity index (χ0) is 20.8. The van der Waals surface area contributed by atoms with Crippen molar-refractivity contribution in [2.24, 2.45) is 5.10 Å². The minimum absolute atomic E-state index is 0.270. The average Bonchev–Trinajstić information content (AvgIpc) is 3.24. The number of nitrogens with zero attached hydrogens (tertiary/aromatic N) is 2. The lowest BCUT2D eigenvalue weighted by atomic mass is 10.1. The topological polar surface area (TPSA) is 97.8 Å². The summed E-state index contributed by atoms with van der Waals surface area (Å²) in [6, 6.07) is 12.2. The minimum Gasteiger partial charge on any atom is -0.496 e. The van der Waals surface area contributed by atoms with Gasteiger partial charge in [0.25, 0.3) is 5.91 Å². The van der Waals surface area contributed by atoms with E-state index in [1.807, 2.05) is 12.1 Å². The van der Waals surface area contributed by atoms with Gasteiger partial charge in [-0.05, 0) is 24.3 Å². The van der Waals surface area contributed by atoms with Gasteiger partial charge in [-0.3, -0.25) is 9.89 Å². The van der Waals surface area contributed by atoms with Crippen LogP contribution in [0.25, 0.3) is 11.3 Å². The van der Waals surface area contributed by atoms with Crippen molar-refractivity contribution in [2.45, 2.75) is 0 Å². The summed E-state index contributed by atoms with van der Waals surface area (Å²) >= 11 is 5.89. The van der Waals surface area contributed by atoms with Gasteiger partial charge in [0, 0.05) is 22.2 Å². The number of nitrogens with one attached hydrogen (secondary N) is 2. The highest BCUT2D eigenvalue weighted by molar-refractivity contribution is 6.30. The number of aromatic nitrogens is 2. The maximum absolute atomic E-state index is 12.3. The number of benzene rings is 2. The van der Waals surface area contributed by atoms with Crippen molar-refractivity contribution >= 4 is 23.7 Å². The molecule has 0 aliphatic rings. The summed E-state index contributed by atoms with van der Waals surface area (Å²) in [6.45, 7) is 0. The number of carbonyl (C=O) groups is 1. The van der Waals surface area contributed by atoms with E-state index in [9.17, 15) is 4.79 Å². The molecule has 0 atom stereocenters. The van der Waals surface area contributed by atoms with Gasteiger partial charge in [-0.25, -0.2) is 5.43 Å². The number of methoxy groups -OCH3 is 3. The summed E-state index contributed by atoms with van der Waals surface area (Å²) in [5, 5.41) is 11.4. The van der Waals surface area contributed by atoms with E-state index in [2.05, 4.69) is 20.7 Å². The molecule has 29 heavy (non-hydrogen) atoms. The van der Waals surface area contributed by atoms with E-state index in [1.54, 1.807) is 30.3 Å². The van der Waals surface area contributed by atoms with Gasteiger partial charge in [0.1, 0.15) is 11.4 Å². The Balaban J connectivity index is 1.72. The smallest absolute Gasteiger partial charge is 0.289 e. The van der Waals surface area contributed by atoms with Crippen molar-refractivity contribution in [2.75, 3.05) is 21.3 Å². The van der Waals surface area contributed by atoms with Crippen LogP contribution in [0.3, 0.4) is 0 Å². The van der Waals surface area contributed by atoms with E-state index in [4.69, 9.17) is 25.8 Å². The maximum Gasteiger partial charge on any atom is 0.289 e. The van der Waals surface area contributed by atoms with Gasteiger partial charge in [0.2, 0.25) is 0 Å². The van der Waals surface area contributed by atoms with E-state index in [-0.39, 0.29) is 5.69 Å². The molecule has 0 bridgehead atoms. The van der Waals surface area contributed by atoms with E-state index >= 15 is 0 Å². The van der Waals surface area contributed by atoms with Crippen LogP contribution in [-0.4, -0.2) is 43.6 Å². The van der Waals surface area contributed by atoms with Gasteiger partial charge in [-0.2, -0.15) is 10.2 Å². The quantitative estimate of drug-likeness (QED) is 0.455. The first-order valence-corrected chi connectivity index (χ1v) is 8.88. The van der Waals surface area contributed by atoms with E-state index < -0.39 is 5.91 Å². The number of H-pyrrole nitrogens is 1. The normalized spacial score (nSPS) is 10.8. The van der Waals surface area contributed by atoms with Crippen LogP contribution in [0.4, 0.5) is 0 Å². The zero-order valence-electron chi connectivity index (χ0n) is 16.0. The molecule has 3 rings (SSSR count). The van der Waals surface area contributed by atoms with Crippen LogP contribution in [-0.2, 0) is 0 Å². The van der Waals surface area contributed by atoms with Gasteiger partial charge in [0.15, 0.2) is 11.5 Å². The van der Waals surface area contributed by atoms with Crippen molar-refractivity contribution in [1.82, 2.24) is 15.6 Å². The third-order valence-corrected chi connectivity index (χ3v) is 4.32. The Labute approximate surface area is 172 Å². The molecule has 3 aromatic rings. The van der Waals surface area contributed by atoms with Crippen LogP contribution in [0.1, 0.15) is 16.1 Å². The number of hydrogen-bond donors (Lipinski definition) is 2. The molecule has 8 nitrogen and oxygen atoms in total. The zero-order valence-corrected chi connectivity index (χ0v) is 16.8. The molecule has 0 fully saturated rings. The number of aromatic amines is 1. The number of hydrogen-bond acceptors (Lipinski definition) is 6. The van der Waals surface area contributed by atoms with Crippen molar-refractivity contribution in [3.05, 3.63) is 58.7 Å². The Hall–Kier alpha value is -3.52. The molecular weight excluding hydrogens is 396 g/mol.